The van der Waals surface area contributed by atoms with Crippen molar-refractivity contribution >= 4 is 29.4 Å². The monoisotopic (exact) mass is 192 g/mol. The SMILES string of the molecule is O=C(O)OCSc1cnns1. The summed E-state index contributed by atoms with van der Waals surface area (Å²) in [6.45, 7) is 0. The number of hydrogen-bond donors (Lipinski definition) is 1. The number of nitrogens with zero attached hydrogens (tertiary/aromatic N) is 2. The van der Waals surface area contributed by atoms with Gasteiger partial charge in [-0.2, -0.15) is 0 Å². The fourth-order valence-corrected chi connectivity index (χ4v) is 1.48. The van der Waals surface area contributed by atoms with Gasteiger partial charge in [0.25, 0.3) is 0 Å². The molecule has 0 bridgehead atoms. The lowest BCUT2D eigenvalue weighted by Crippen LogP contribution is -1.97. The highest BCUT2D eigenvalue weighted by Crippen LogP contribution is 2.19. The maximum atomic E-state index is 9.86. The van der Waals surface area contributed by atoms with E-state index in [0.29, 0.717) is 0 Å². The first-order valence-corrected chi connectivity index (χ1v) is 4.31. The normalized spacial score (nSPS) is 9.45. The summed E-state index contributed by atoms with van der Waals surface area (Å²) in [6, 6.07) is 0. The number of aromatic nitrogens is 2. The Kier molecular flexibility index (Phi) is 3.12. The summed E-state index contributed by atoms with van der Waals surface area (Å²) in [5.41, 5.74) is 0. The van der Waals surface area contributed by atoms with Crippen LogP contribution < -0.4 is 0 Å². The molecule has 5 nitrogen and oxygen atoms in total. The van der Waals surface area contributed by atoms with Crippen LogP contribution in [0.1, 0.15) is 0 Å². The average molecular weight is 192 g/mol. The molecule has 1 heterocycles. The average Bonchev–Trinajstić information content (AvgIpc) is 2.39. The van der Waals surface area contributed by atoms with Gasteiger partial charge in [0.05, 0.1) is 6.20 Å². The van der Waals surface area contributed by atoms with Gasteiger partial charge in [0.1, 0.15) is 10.1 Å². The van der Waals surface area contributed by atoms with Crippen LogP contribution in [-0.4, -0.2) is 26.8 Å². The van der Waals surface area contributed by atoms with Gasteiger partial charge in [-0.25, -0.2) is 4.79 Å². The summed E-state index contributed by atoms with van der Waals surface area (Å²) >= 11 is 2.45. The van der Waals surface area contributed by atoms with Gasteiger partial charge < -0.3 is 9.84 Å². The summed E-state index contributed by atoms with van der Waals surface area (Å²) in [4.78, 5) is 9.86. The van der Waals surface area contributed by atoms with Crippen LogP contribution >= 0.6 is 23.3 Å². The highest BCUT2D eigenvalue weighted by Gasteiger charge is 1.99. The molecule has 0 aromatic carbocycles. The van der Waals surface area contributed by atoms with E-state index >= 15 is 0 Å². The molecule has 0 fully saturated rings. The van der Waals surface area contributed by atoms with E-state index in [2.05, 4.69) is 14.3 Å². The topological polar surface area (TPSA) is 72.3 Å². The molecule has 0 atom stereocenters. The highest BCUT2D eigenvalue weighted by molar-refractivity contribution is 8.00. The molecule has 0 saturated carbocycles. The lowest BCUT2D eigenvalue weighted by molar-refractivity contribution is 0.109. The van der Waals surface area contributed by atoms with Gasteiger partial charge in [0.15, 0.2) is 0 Å². The largest absolute Gasteiger partial charge is 0.506 e. The van der Waals surface area contributed by atoms with Crippen molar-refractivity contribution in [3.63, 3.8) is 0 Å². The standard InChI is InChI=1S/C4H4N2O3S2/c7-4(8)9-2-10-3-1-5-6-11-3/h1H,2H2,(H,7,8). The van der Waals surface area contributed by atoms with E-state index < -0.39 is 6.16 Å². The zero-order valence-electron chi connectivity index (χ0n) is 5.26. The van der Waals surface area contributed by atoms with E-state index in [0.717, 1.165) is 4.21 Å². The Balaban J connectivity index is 2.19. The summed E-state index contributed by atoms with van der Waals surface area (Å²) in [6.07, 6.45) is 0.288. The second-order valence-corrected chi connectivity index (χ2v) is 3.42. The van der Waals surface area contributed by atoms with Gasteiger partial charge in [0.2, 0.25) is 0 Å². The van der Waals surface area contributed by atoms with E-state index in [1.807, 2.05) is 0 Å². The van der Waals surface area contributed by atoms with Crippen molar-refractivity contribution < 1.29 is 14.6 Å². The molecule has 0 unspecified atom stereocenters. The van der Waals surface area contributed by atoms with E-state index in [1.54, 1.807) is 6.20 Å². The molecule has 0 aliphatic heterocycles. The van der Waals surface area contributed by atoms with Crippen LogP contribution in [0.2, 0.25) is 0 Å². The van der Waals surface area contributed by atoms with Crippen molar-refractivity contribution in [2.75, 3.05) is 5.94 Å². The Bertz CT molecular complexity index is 225. The zero-order chi connectivity index (χ0) is 8.10. The van der Waals surface area contributed by atoms with Gasteiger partial charge in [-0.15, -0.1) is 5.10 Å². The third kappa shape index (κ3) is 3.19. The van der Waals surface area contributed by atoms with Crippen molar-refractivity contribution in [1.29, 1.82) is 0 Å². The first-order valence-electron chi connectivity index (χ1n) is 2.55. The summed E-state index contributed by atoms with van der Waals surface area (Å²) in [7, 11) is 0. The maximum absolute atomic E-state index is 9.86. The van der Waals surface area contributed by atoms with Gasteiger partial charge in [-0.05, 0) is 11.5 Å². The Labute approximate surface area is 70.5 Å². The molecule has 1 N–H and O–H groups in total. The number of rotatable bonds is 3. The Morgan fingerprint density at radius 3 is 3.27 bits per heavy atom. The number of thioether (sulfide) groups is 1. The Hall–Kier alpha value is -0.820. The van der Waals surface area contributed by atoms with E-state index in [4.69, 9.17) is 5.11 Å². The molecule has 0 aliphatic carbocycles. The summed E-state index contributed by atoms with van der Waals surface area (Å²) in [5, 5.41) is 11.6. The fourth-order valence-electron chi connectivity index (χ4n) is 0.360. The van der Waals surface area contributed by atoms with Crippen molar-refractivity contribution in [2.24, 2.45) is 0 Å². The van der Waals surface area contributed by atoms with Crippen LogP contribution in [0.15, 0.2) is 10.4 Å². The lowest BCUT2D eigenvalue weighted by Gasteiger charge is -1.94. The first kappa shape index (κ1) is 8.28. The van der Waals surface area contributed by atoms with E-state index in [-0.39, 0.29) is 5.94 Å². The molecule has 0 radical (unpaired) electrons. The van der Waals surface area contributed by atoms with E-state index in [9.17, 15) is 4.79 Å². The van der Waals surface area contributed by atoms with Gasteiger partial charge >= 0.3 is 6.16 Å². The molecular formula is C4H4N2O3S2. The highest BCUT2D eigenvalue weighted by atomic mass is 32.2. The Morgan fingerprint density at radius 2 is 2.73 bits per heavy atom. The second-order valence-electron chi connectivity index (χ2n) is 1.41. The number of carboxylic acid groups (broad SMARTS) is 1. The van der Waals surface area contributed by atoms with Crippen molar-refractivity contribution in [1.82, 2.24) is 9.59 Å². The maximum Gasteiger partial charge on any atom is 0.506 e. The van der Waals surface area contributed by atoms with Crippen molar-refractivity contribution in [3.8, 4) is 0 Å². The van der Waals surface area contributed by atoms with Crippen LogP contribution in [0, 0.1) is 0 Å². The number of ether oxygens (including phenoxy) is 1. The molecule has 1 aromatic rings. The van der Waals surface area contributed by atoms with E-state index in [1.165, 1.54) is 23.3 Å². The zero-order valence-corrected chi connectivity index (χ0v) is 6.89. The number of hydrogen-bond acceptors (Lipinski definition) is 6. The molecule has 1 rings (SSSR count). The minimum Gasteiger partial charge on any atom is -0.450 e. The number of carbonyl (C=O) groups is 1. The molecule has 0 spiro atoms. The van der Waals surface area contributed by atoms with Crippen molar-refractivity contribution in [3.05, 3.63) is 6.20 Å². The molecule has 60 valence electrons. The molecule has 1 aromatic heterocycles. The molecule has 11 heavy (non-hydrogen) atoms. The molecule has 0 amide bonds. The minimum absolute atomic E-state index is 0.0825. The molecular weight excluding hydrogens is 188 g/mol. The predicted molar refractivity (Wildman–Crippen MR) is 39.7 cm³/mol. The molecule has 7 heteroatoms. The molecule has 0 saturated heterocycles. The summed E-state index contributed by atoms with van der Waals surface area (Å²) in [5.74, 6) is 0.0825. The predicted octanol–water partition coefficient (Wildman–Crippen LogP) is 1.28. The lowest BCUT2D eigenvalue weighted by atomic mass is 11.0. The minimum atomic E-state index is -1.27. The third-order valence-corrected chi connectivity index (χ3v) is 2.39. The van der Waals surface area contributed by atoms with Crippen LogP contribution in [0.4, 0.5) is 4.79 Å². The van der Waals surface area contributed by atoms with Crippen LogP contribution in [0.3, 0.4) is 0 Å². The second kappa shape index (κ2) is 4.14. The third-order valence-electron chi connectivity index (χ3n) is 0.725. The summed E-state index contributed by atoms with van der Waals surface area (Å²) < 4.78 is 8.67. The van der Waals surface area contributed by atoms with Gasteiger partial charge in [-0.1, -0.05) is 16.3 Å². The van der Waals surface area contributed by atoms with Crippen molar-refractivity contribution in [2.45, 2.75) is 4.21 Å². The van der Waals surface area contributed by atoms with Crippen LogP contribution in [0.25, 0.3) is 0 Å². The molecule has 0 aliphatic rings. The fraction of sp³-hybridized carbons (Fsp3) is 0.250. The first-order chi connectivity index (χ1) is 5.29. The quantitative estimate of drug-likeness (QED) is 0.442. The van der Waals surface area contributed by atoms with Gasteiger partial charge in [-0.3, -0.25) is 0 Å². The van der Waals surface area contributed by atoms with Crippen LogP contribution in [0.5, 0.6) is 0 Å². The van der Waals surface area contributed by atoms with Gasteiger partial charge in [0, 0.05) is 0 Å². The van der Waals surface area contributed by atoms with Crippen LogP contribution in [-0.2, 0) is 4.74 Å². The Morgan fingerprint density at radius 1 is 1.91 bits per heavy atom. The smallest absolute Gasteiger partial charge is 0.450 e.